The van der Waals surface area contributed by atoms with E-state index in [2.05, 4.69) is 65.4 Å². The Labute approximate surface area is 135 Å². The van der Waals surface area contributed by atoms with E-state index in [1.807, 2.05) is 19.2 Å². The number of hydrogen-bond acceptors (Lipinski definition) is 2. The normalized spacial score (nSPS) is 10.9. The molecule has 0 fully saturated rings. The average Bonchev–Trinajstić information content (AvgIpc) is 2.47. The van der Waals surface area contributed by atoms with Crippen LogP contribution in [0.15, 0.2) is 46.9 Å². The highest BCUT2D eigenvalue weighted by atomic mass is 79.9. The lowest BCUT2D eigenvalue weighted by atomic mass is 10.0. The second-order valence-corrected chi connectivity index (χ2v) is 6.32. The Morgan fingerprint density at radius 3 is 2.38 bits per heavy atom. The fourth-order valence-corrected chi connectivity index (χ4v) is 2.67. The molecule has 0 aromatic heterocycles. The molecule has 21 heavy (non-hydrogen) atoms. The first-order valence-corrected chi connectivity index (χ1v) is 8.04. The molecule has 0 saturated heterocycles. The van der Waals surface area contributed by atoms with Gasteiger partial charge in [-0.25, -0.2) is 0 Å². The molecule has 0 amide bonds. The van der Waals surface area contributed by atoms with Crippen molar-refractivity contribution in [1.82, 2.24) is 5.32 Å². The molecule has 2 nitrogen and oxygen atoms in total. The van der Waals surface area contributed by atoms with Crippen molar-refractivity contribution in [2.24, 2.45) is 0 Å². The predicted molar refractivity (Wildman–Crippen MR) is 91.8 cm³/mol. The number of hydrogen-bond donors (Lipinski definition) is 1. The summed E-state index contributed by atoms with van der Waals surface area (Å²) in [6.07, 6.45) is 0. The van der Waals surface area contributed by atoms with E-state index in [1.54, 1.807) is 0 Å². The van der Waals surface area contributed by atoms with Crippen molar-refractivity contribution in [3.63, 3.8) is 0 Å². The lowest BCUT2D eigenvalue weighted by molar-refractivity contribution is 0.305. The third kappa shape index (κ3) is 4.58. The first kappa shape index (κ1) is 16.1. The van der Waals surface area contributed by atoms with Gasteiger partial charge >= 0.3 is 0 Å². The lowest BCUT2D eigenvalue weighted by Gasteiger charge is -2.11. The van der Waals surface area contributed by atoms with Gasteiger partial charge in [0, 0.05) is 16.6 Å². The van der Waals surface area contributed by atoms with Crippen LogP contribution in [0.1, 0.15) is 36.5 Å². The molecule has 112 valence electrons. The van der Waals surface area contributed by atoms with Gasteiger partial charge < -0.3 is 10.1 Å². The van der Waals surface area contributed by atoms with Gasteiger partial charge in [-0.3, -0.25) is 0 Å². The van der Waals surface area contributed by atoms with Crippen LogP contribution in [0.4, 0.5) is 0 Å². The maximum absolute atomic E-state index is 5.86. The standard InChI is InChI=1S/C18H22BrNO/c1-13(2)15-6-8-17(9-7-15)21-12-16-5-4-14(11-20-3)10-18(16)19/h4-10,13,20H,11-12H2,1-3H3. The minimum atomic E-state index is 0.549. The van der Waals surface area contributed by atoms with E-state index in [4.69, 9.17) is 4.74 Å². The molecule has 3 heteroatoms. The van der Waals surface area contributed by atoms with Gasteiger partial charge in [-0.2, -0.15) is 0 Å². The van der Waals surface area contributed by atoms with Gasteiger partial charge in [-0.05, 0) is 42.3 Å². The van der Waals surface area contributed by atoms with Gasteiger partial charge in [0.2, 0.25) is 0 Å². The number of halogens is 1. The highest BCUT2D eigenvalue weighted by Crippen LogP contribution is 2.22. The van der Waals surface area contributed by atoms with E-state index >= 15 is 0 Å². The number of benzene rings is 2. The van der Waals surface area contributed by atoms with Crippen molar-refractivity contribution in [3.8, 4) is 5.75 Å². The predicted octanol–water partition coefficient (Wildman–Crippen LogP) is 4.87. The van der Waals surface area contributed by atoms with Crippen LogP contribution in [0.3, 0.4) is 0 Å². The summed E-state index contributed by atoms with van der Waals surface area (Å²) in [5, 5.41) is 3.15. The zero-order valence-corrected chi connectivity index (χ0v) is 14.4. The molecular formula is C18H22BrNO. The Morgan fingerprint density at radius 1 is 1.10 bits per heavy atom. The molecule has 0 unspecified atom stereocenters. The molecule has 2 aromatic rings. The summed E-state index contributed by atoms with van der Waals surface area (Å²) in [7, 11) is 1.95. The fraction of sp³-hybridized carbons (Fsp3) is 0.333. The summed E-state index contributed by atoms with van der Waals surface area (Å²) in [4.78, 5) is 0. The molecule has 1 N–H and O–H groups in total. The van der Waals surface area contributed by atoms with Gasteiger partial charge in [0.15, 0.2) is 0 Å². The highest BCUT2D eigenvalue weighted by molar-refractivity contribution is 9.10. The average molecular weight is 348 g/mol. The molecular weight excluding hydrogens is 326 g/mol. The first-order valence-electron chi connectivity index (χ1n) is 7.25. The van der Waals surface area contributed by atoms with Gasteiger partial charge in [-0.1, -0.05) is 54.0 Å². The highest BCUT2D eigenvalue weighted by Gasteiger charge is 2.04. The zero-order chi connectivity index (χ0) is 15.2. The van der Waals surface area contributed by atoms with E-state index in [1.165, 1.54) is 11.1 Å². The van der Waals surface area contributed by atoms with Crippen LogP contribution in [0.25, 0.3) is 0 Å². The van der Waals surface area contributed by atoms with Crippen LogP contribution in [-0.4, -0.2) is 7.05 Å². The van der Waals surface area contributed by atoms with E-state index < -0.39 is 0 Å². The minimum absolute atomic E-state index is 0.549. The second kappa shape index (κ2) is 7.62. The Morgan fingerprint density at radius 2 is 1.81 bits per heavy atom. The van der Waals surface area contributed by atoms with E-state index in [9.17, 15) is 0 Å². The van der Waals surface area contributed by atoms with Gasteiger partial charge in [0.25, 0.3) is 0 Å². The van der Waals surface area contributed by atoms with Gasteiger partial charge in [0.1, 0.15) is 12.4 Å². The van der Waals surface area contributed by atoms with Gasteiger partial charge in [-0.15, -0.1) is 0 Å². The molecule has 0 saturated carbocycles. The van der Waals surface area contributed by atoms with Crippen molar-refractivity contribution in [1.29, 1.82) is 0 Å². The SMILES string of the molecule is CNCc1ccc(COc2ccc(C(C)C)cc2)c(Br)c1. The van der Waals surface area contributed by atoms with Crippen molar-refractivity contribution >= 4 is 15.9 Å². The largest absolute Gasteiger partial charge is 0.489 e. The van der Waals surface area contributed by atoms with Crippen LogP contribution in [0.2, 0.25) is 0 Å². The van der Waals surface area contributed by atoms with Gasteiger partial charge in [0.05, 0.1) is 0 Å². The molecule has 0 radical (unpaired) electrons. The van der Waals surface area contributed by atoms with Crippen molar-refractivity contribution in [2.45, 2.75) is 32.9 Å². The quantitative estimate of drug-likeness (QED) is 0.804. The summed E-state index contributed by atoms with van der Waals surface area (Å²) in [6, 6.07) is 14.7. The third-order valence-corrected chi connectivity index (χ3v) is 4.18. The number of ether oxygens (including phenoxy) is 1. The number of nitrogens with one attached hydrogen (secondary N) is 1. The molecule has 0 aliphatic rings. The monoisotopic (exact) mass is 347 g/mol. The molecule has 2 aromatic carbocycles. The van der Waals surface area contributed by atoms with E-state index in [-0.39, 0.29) is 0 Å². The summed E-state index contributed by atoms with van der Waals surface area (Å²) < 4.78 is 6.95. The molecule has 0 aliphatic heterocycles. The van der Waals surface area contributed by atoms with Crippen molar-refractivity contribution in [2.75, 3.05) is 7.05 Å². The summed E-state index contributed by atoms with van der Waals surface area (Å²) >= 11 is 3.61. The van der Waals surface area contributed by atoms with Crippen LogP contribution in [0, 0.1) is 0 Å². The molecule has 0 heterocycles. The fourth-order valence-electron chi connectivity index (χ4n) is 2.13. The van der Waals surface area contributed by atoms with Crippen LogP contribution in [0.5, 0.6) is 5.75 Å². The van der Waals surface area contributed by atoms with Crippen LogP contribution < -0.4 is 10.1 Å². The molecule has 0 atom stereocenters. The Kier molecular flexibility index (Phi) is 5.83. The summed E-state index contributed by atoms with van der Waals surface area (Å²) in [5.74, 6) is 1.46. The topological polar surface area (TPSA) is 21.3 Å². The van der Waals surface area contributed by atoms with E-state index in [0.29, 0.717) is 12.5 Å². The molecule has 0 spiro atoms. The van der Waals surface area contributed by atoms with E-state index in [0.717, 1.165) is 22.3 Å². The third-order valence-electron chi connectivity index (χ3n) is 3.44. The molecule has 0 bridgehead atoms. The molecule has 0 aliphatic carbocycles. The summed E-state index contributed by atoms with van der Waals surface area (Å²) in [5.41, 5.74) is 3.75. The zero-order valence-electron chi connectivity index (χ0n) is 12.8. The Hall–Kier alpha value is -1.32. The maximum Gasteiger partial charge on any atom is 0.119 e. The van der Waals surface area contributed by atoms with Crippen molar-refractivity contribution in [3.05, 3.63) is 63.6 Å². The van der Waals surface area contributed by atoms with Crippen LogP contribution in [-0.2, 0) is 13.2 Å². The summed E-state index contributed by atoms with van der Waals surface area (Å²) in [6.45, 7) is 5.83. The molecule has 2 rings (SSSR count). The maximum atomic E-state index is 5.86. The number of rotatable bonds is 6. The smallest absolute Gasteiger partial charge is 0.119 e. The minimum Gasteiger partial charge on any atom is -0.489 e. The Bertz CT molecular complexity index is 578. The first-order chi connectivity index (χ1) is 10.1. The Balaban J connectivity index is 1.99. The lowest BCUT2D eigenvalue weighted by Crippen LogP contribution is -2.05. The van der Waals surface area contributed by atoms with Crippen LogP contribution >= 0.6 is 15.9 Å². The van der Waals surface area contributed by atoms with Crippen molar-refractivity contribution < 1.29 is 4.74 Å². The second-order valence-electron chi connectivity index (χ2n) is 5.47.